The minimum Gasteiger partial charge on any atom is -0.451 e. The Labute approximate surface area is 167 Å². The van der Waals surface area contributed by atoms with Gasteiger partial charge in [0.1, 0.15) is 5.60 Å². The standard InChI is InChI=1S/C24H31NO3/c1-3-13-10-14-11-15(25-27)4-5-16(14)17-6-8-23(2)22(21(13)17)18-12-19(18)24(23)9-7-20(26)28-24/h7,9,11,13,16-19,21-22,27H,3-6,8,10,12H2,1-2H3/b25-15+/t13-,16+,17?,18-,19+,21?,22?,23+,24+/m1/s1. The first kappa shape index (κ1) is 17.3. The van der Waals surface area contributed by atoms with Gasteiger partial charge < -0.3 is 9.94 Å². The molecule has 6 rings (SSSR count). The maximum Gasteiger partial charge on any atom is 0.331 e. The van der Waals surface area contributed by atoms with Crippen molar-refractivity contribution in [2.45, 2.75) is 64.4 Å². The second-order valence-corrected chi connectivity index (χ2v) is 10.6. The fourth-order valence-electron chi connectivity index (χ4n) is 8.82. The number of ether oxygens (including phenoxy) is 1. The van der Waals surface area contributed by atoms with Crippen LogP contribution in [0, 0.1) is 46.8 Å². The first-order chi connectivity index (χ1) is 13.5. The number of nitrogens with zero attached hydrogens (tertiary/aromatic N) is 1. The van der Waals surface area contributed by atoms with Crippen LogP contribution in [0.3, 0.4) is 0 Å². The van der Waals surface area contributed by atoms with Crippen LogP contribution in [0.4, 0.5) is 0 Å². The number of hydrogen-bond donors (Lipinski definition) is 1. The number of esters is 1. The summed E-state index contributed by atoms with van der Waals surface area (Å²) in [6, 6.07) is 0. The number of hydrogen-bond acceptors (Lipinski definition) is 4. The fraction of sp³-hybridized carbons (Fsp3) is 0.750. The average Bonchev–Trinajstić information content (AvgIpc) is 3.35. The molecule has 4 nitrogen and oxygen atoms in total. The molecule has 0 aromatic heterocycles. The monoisotopic (exact) mass is 381 g/mol. The van der Waals surface area contributed by atoms with E-state index in [0.717, 1.165) is 42.7 Å². The number of fused-ring (bicyclic) bond motifs is 9. The summed E-state index contributed by atoms with van der Waals surface area (Å²) in [6.45, 7) is 4.79. The molecule has 3 unspecified atom stereocenters. The van der Waals surface area contributed by atoms with Crippen LogP contribution in [0.5, 0.6) is 0 Å². The van der Waals surface area contributed by atoms with Crippen molar-refractivity contribution >= 4 is 11.7 Å². The molecule has 0 bridgehead atoms. The van der Waals surface area contributed by atoms with Crippen molar-refractivity contribution in [3.8, 4) is 0 Å². The zero-order valence-corrected chi connectivity index (χ0v) is 16.9. The predicted molar refractivity (Wildman–Crippen MR) is 106 cm³/mol. The molecular weight excluding hydrogens is 350 g/mol. The van der Waals surface area contributed by atoms with Crippen LogP contribution in [-0.4, -0.2) is 22.5 Å². The molecule has 0 aromatic rings. The lowest BCUT2D eigenvalue weighted by Gasteiger charge is -2.59. The zero-order chi connectivity index (χ0) is 19.3. The van der Waals surface area contributed by atoms with Crippen molar-refractivity contribution < 1.29 is 14.7 Å². The third kappa shape index (κ3) is 1.92. The zero-order valence-electron chi connectivity index (χ0n) is 16.9. The Hall–Kier alpha value is -1.58. The van der Waals surface area contributed by atoms with E-state index in [9.17, 15) is 10.0 Å². The molecule has 0 radical (unpaired) electrons. The number of rotatable bonds is 1. The van der Waals surface area contributed by atoms with Gasteiger partial charge in [-0.1, -0.05) is 31.0 Å². The van der Waals surface area contributed by atoms with Crippen molar-refractivity contribution in [3.05, 3.63) is 23.8 Å². The van der Waals surface area contributed by atoms with Gasteiger partial charge >= 0.3 is 5.97 Å². The molecule has 0 saturated heterocycles. The number of allylic oxidation sites excluding steroid dienone is 2. The molecule has 5 aliphatic carbocycles. The lowest BCUT2D eigenvalue weighted by molar-refractivity contribution is -0.170. The molecular formula is C24H31NO3. The van der Waals surface area contributed by atoms with Crippen molar-refractivity contribution in [1.82, 2.24) is 0 Å². The molecule has 1 N–H and O–H groups in total. The Balaban J connectivity index is 1.41. The summed E-state index contributed by atoms with van der Waals surface area (Å²) in [5.74, 6) is 4.72. The van der Waals surface area contributed by atoms with Crippen LogP contribution in [0.1, 0.15) is 58.8 Å². The SMILES string of the molecule is CC[C@@H]1CC2=C/C(=N/O)CC[C@@H]2C2CC[C@@]3(C)C(C21)[C@@H]1C[C@@H]1[C@@]31C=CC(=O)O1. The highest BCUT2D eigenvalue weighted by Gasteiger charge is 2.78. The largest absolute Gasteiger partial charge is 0.451 e. The molecule has 0 amide bonds. The molecule has 6 aliphatic rings. The third-order valence-corrected chi connectivity index (χ3v) is 9.87. The van der Waals surface area contributed by atoms with E-state index in [0.29, 0.717) is 23.7 Å². The Morgan fingerprint density at radius 1 is 1.32 bits per heavy atom. The van der Waals surface area contributed by atoms with Crippen molar-refractivity contribution in [2.75, 3.05) is 0 Å². The first-order valence-electron chi connectivity index (χ1n) is 11.4. The smallest absolute Gasteiger partial charge is 0.331 e. The highest BCUT2D eigenvalue weighted by Crippen LogP contribution is 2.78. The van der Waals surface area contributed by atoms with E-state index in [1.807, 2.05) is 0 Å². The molecule has 1 heterocycles. The Morgan fingerprint density at radius 3 is 2.89 bits per heavy atom. The normalized spacial score (nSPS) is 54.6. The summed E-state index contributed by atoms with van der Waals surface area (Å²) in [6.07, 6.45) is 14.1. The Kier molecular flexibility index (Phi) is 3.41. The van der Waals surface area contributed by atoms with Crippen LogP contribution < -0.4 is 0 Å². The fourth-order valence-corrected chi connectivity index (χ4v) is 8.82. The lowest BCUT2D eigenvalue weighted by Crippen LogP contribution is -2.56. The summed E-state index contributed by atoms with van der Waals surface area (Å²) in [4.78, 5) is 12.1. The Bertz CT molecular complexity index is 828. The van der Waals surface area contributed by atoms with Gasteiger partial charge in [-0.3, -0.25) is 0 Å². The van der Waals surface area contributed by atoms with E-state index in [4.69, 9.17) is 4.74 Å². The summed E-state index contributed by atoms with van der Waals surface area (Å²) < 4.78 is 6.12. The Morgan fingerprint density at radius 2 is 2.18 bits per heavy atom. The maximum atomic E-state index is 12.1. The molecule has 0 aromatic carbocycles. The lowest BCUT2D eigenvalue weighted by atomic mass is 9.46. The molecule has 4 fully saturated rings. The van der Waals surface area contributed by atoms with Crippen LogP contribution in [0.15, 0.2) is 29.0 Å². The van der Waals surface area contributed by atoms with E-state index in [2.05, 4.69) is 31.2 Å². The molecule has 28 heavy (non-hydrogen) atoms. The molecule has 4 saturated carbocycles. The second kappa shape index (κ2) is 5.52. The van der Waals surface area contributed by atoms with E-state index in [1.54, 1.807) is 11.6 Å². The van der Waals surface area contributed by atoms with Gasteiger partial charge in [-0.05, 0) is 86.2 Å². The van der Waals surface area contributed by atoms with E-state index < -0.39 is 0 Å². The number of carbonyl (C=O) groups is 1. The van der Waals surface area contributed by atoms with E-state index in [-0.39, 0.29) is 17.0 Å². The van der Waals surface area contributed by atoms with Gasteiger partial charge in [0, 0.05) is 17.4 Å². The molecule has 9 atom stereocenters. The van der Waals surface area contributed by atoms with Gasteiger partial charge in [-0.15, -0.1) is 0 Å². The van der Waals surface area contributed by atoms with Crippen molar-refractivity contribution in [1.29, 1.82) is 0 Å². The maximum absolute atomic E-state index is 12.1. The quantitative estimate of drug-likeness (QED) is 0.406. The minimum absolute atomic E-state index is 0.103. The van der Waals surface area contributed by atoms with Crippen molar-refractivity contribution in [2.24, 2.45) is 52.0 Å². The van der Waals surface area contributed by atoms with Crippen LogP contribution >= 0.6 is 0 Å². The van der Waals surface area contributed by atoms with Crippen molar-refractivity contribution in [3.63, 3.8) is 0 Å². The third-order valence-electron chi connectivity index (χ3n) is 9.87. The highest BCUT2D eigenvalue weighted by atomic mass is 16.6. The summed E-state index contributed by atoms with van der Waals surface area (Å²) in [7, 11) is 0. The summed E-state index contributed by atoms with van der Waals surface area (Å²) in [5, 5.41) is 12.8. The topological polar surface area (TPSA) is 58.9 Å². The predicted octanol–water partition coefficient (Wildman–Crippen LogP) is 4.73. The number of carbonyl (C=O) groups excluding carboxylic acids is 1. The summed E-state index contributed by atoms with van der Waals surface area (Å²) in [5.41, 5.74) is 2.20. The molecule has 4 heteroatoms. The van der Waals surface area contributed by atoms with E-state index in [1.165, 1.54) is 25.7 Å². The molecule has 150 valence electrons. The van der Waals surface area contributed by atoms with Gasteiger partial charge in [0.25, 0.3) is 0 Å². The van der Waals surface area contributed by atoms with Crippen LogP contribution in [0.2, 0.25) is 0 Å². The second-order valence-electron chi connectivity index (χ2n) is 10.6. The minimum atomic E-state index is -0.317. The average molecular weight is 382 g/mol. The molecule has 1 aliphatic heterocycles. The van der Waals surface area contributed by atoms with E-state index >= 15 is 0 Å². The van der Waals surface area contributed by atoms with Gasteiger partial charge in [-0.25, -0.2) is 4.79 Å². The van der Waals surface area contributed by atoms with Crippen LogP contribution in [0.25, 0.3) is 0 Å². The summed E-state index contributed by atoms with van der Waals surface area (Å²) >= 11 is 0. The van der Waals surface area contributed by atoms with Gasteiger partial charge in [0.15, 0.2) is 0 Å². The van der Waals surface area contributed by atoms with Gasteiger partial charge in [-0.2, -0.15) is 0 Å². The number of oxime groups is 1. The van der Waals surface area contributed by atoms with Crippen LogP contribution in [-0.2, 0) is 9.53 Å². The van der Waals surface area contributed by atoms with Gasteiger partial charge in [0.2, 0.25) is 0 Å². The van der Waals surface area contributed by atoms with Gasteiger partial charge in [0.05, 0.1) is 5.71 Å². The molecule has 1 spiro atoms. The first-order valence-corrected chi connectivity index (χ1v) is 11.4. The highest BCUT2D eigenvalue weighted by molar-refractivity contribution is 5.96.